The molecular weight excluding hydrogens is 458 g/mol. The zero-order valence-corrected chi connectivity index (χ0v) is 21.0. The van der Waals surface area contributed by atoms with Crippen molar-refractivity contribution in [2.24, 2.45) is 0 Å². The molecule has 0 unspecified atom stereocenters. The molecule has 1 aliphatic carbocycles. The summed E-state index contributed by atoms with van der Waals surface area (Å²) in [5.74, 6) is 0.634. The first-order valence-corrected chi connectivity index (χ1v) is 12.6. The van der Waals surface area contributed by atoms with Gasteiger partial charge in [0.2, 0.25) is 0 Å². The minimum Gasteiger partial charge on any atom is -0.386 e. The van der Waals surface area contributed by atoms with Crippen LogP contribution in [0.3, 0.4) is 0 Å². The van der Waals surface area contributed by atoms with Crippen molar-refractivity contribution in [3.63, 3.8) is 0 Å². The molecule has 4 heterocycles. The number of benzene rings is 1. The van der Waals surface area contributed by atoms with Crippen LogP contribution in [0.15, 0.2) is 30.6 Å². The molecule has 4 bridgehead atoms. The number of ether oxygens (including phenoxy) is 2. The van der Waals surface area contributed by atoms with Gasteiger partial charge in [0.1, 0.15) is 17.7 Å². The normalized spacial score (nSPS) is 23.3. The lowest BCUT2D eigenvalue weighted by molar-refractivity contribution is -0.0323. The third kappa shape index (κ3) is 4.14. The number of aromatic nitrogens is 3. The van der Waals surface area contributed by atoms with Crippen LogP contribution in [0.4, 0.5) is 27.7 Å². The van der Waals surface area contributed by atoms with Gasteiger partial charge in [-0.3, -0.25) is 0 Å². The maximum atomic E-state index is 13.1. The number of methoxy groups -OCH3 is 1. The zero-order chi connectivity index (χ0) is 24.9. The van der Waals surface area contributed by atoms with Crippen molar-refractivity contribution in [1.29, 1.82) is 0 Å². The number of nitrogens with one attached hydrogen (secondary N) is 3. The van der Waals surface area contributed by atoms with E-state index in [1.165, 1.54) is 10.9 Å². The van der Waals surface area contributed by atoms with Crippen molar-refractivity contribution in [3.8, 4) is 0 Å². The quantitative estimate of drug-likeness (QED) is 0.508. The van der Waals surface area contributed by atoms with Gasteiger partial charge >= 0.3 is 6.03 Å². The average molecular weight is 492 g/mol. The van der Waals surface area contributed by atoms with E-state index in [0.29, 0.717) is 23.6 Å². The summed E-state index contributed by atoms with van der Waals surface area (Å²) >= 11 is 0. The van der Waals surface area contributed by atoms with Crippen LogP contribution >= 0.6 is 0 Å². The van der Waals surface area contributed by atoms with E-state index in [-0.39, 0.29) is 23.8 Å². The third-order valence-corrected chi connectivity index (χ3v) is 7.91. The van der Waals surface area contributed by atoms with Gasteiger partial charge < -0.3 is 30.3 Å². The van der Waals surface area contributed by atoms with Gasteiger partial charge in [-0.15, -0.1) is 0 Å². The summed E-state index contributed by atoms with van der Waals surface area (Å²) in [7, 11) is 3.64. The number of carbonyl (C=O) groups excluding carboxylic acids is 1. The first kappa shape index (κ1) is 23.1. The van der Waals surface area contributed by atoms with Crippen LogP contribution in [-0.2, 0) is 16.1 Å². The maximum Gasteiger partial charge on any atom is 0.328 e. The summed E-state index contributed by atoms with van der Waals surface area (Å²) in [5, 5.41) is 9.77. The molecule has 3 aromatic rings. The lowest BCUT2D eigenvalue weighted by Crippen LogP contribution is -2.52. The highest BCUT2D eigenvalue weighted by molar-refractivity contribution is 5.94. The monoisotopic (exact) mass is 491 g/mol. The Morgan fingerprint density at radius 1 is 1.19 bits per heavy atom. The Kier molecular flexibility index (Phi) is 5.72. The van der Waals surface area contributed by atoms with Crippen LogP contribution in [0.5, 0.6) is 0 Å². The number of nitrogens with zero attached hydrogens (tertiary/aromatic N) is 4. The standard InChI is InChI=1S/C26H33N7O3/c1-26(35-3)6-8-32(9-7-26)18-11-16-10-17(12-18)29-22-13-20(27-2)23-24(31-22)33(15-28-23)25(34)30-19-4-5-21(19)36-14-16/h10-13,15,19,21H,4-9,14H2,1-3H3,(H,30,34)(H2,27,29,31)/t19-,21-/m1/s1. The molecule has 3 aliphatic rings. The highest BCUT2D eigenvalue weighted by atomic mass is 16.5. The molecule has 2 atom stereocenters. The Bertz CT molecular complexity index is 1300. The number of anilines is 4. The first-order valence-electron chi connectivity index (χ1n) is 12.6. The maximum absolute atomic E-state index is 13.1. The van der Waals surface area contributed by atoms with Crippen LogP contribution in [-0.4, -0.2) is 65.6 Å². The number of hydrogen-bond donors (Lipinski definition) is 3. The molecule has 1 saturated heterocycles. The summed E-state index contributed by atoms with van der Waals surface area (Å²) in [6, 6.07) is 8.13. The van der Waals surface area contributed by atoms with Crippen LogP contribution in [0, 0.1) is 0 Å². The number of piperidine rings is 1. The van der Waals surface area contributed by atoms with E-state index in [0.717, 1.165) is 61.4 Å². The minimum absolute atomic E-state index is 0.0134. The van der Waals surface area contributed by atoms with Gasteiger partial charge in [0.05, 0.1) is 30.0 Å². The van der Waals surface area contributed by atoms with Gasteiger partial charge in [0.25, 0.3) is 0 Å². The van der Waals surface area contributed by atoms with Crippen LogP contribution in [0.2, 0.25) is 0 Å². The first-order chi connectivity index (χ1) is 17.4. The van der Waals surface area contributed by atoms with Gasteiger partial charge in [-0.05, 0) is 56.4 Å². The molecule has 2 fully saturated rings. The van der Waals surface area contributed by atoms with E-state index in [4.69, 9.17) is 14.5 Å². The molecule has 10 nitrogen and oxygen atoms in total. The minimum atomic E-state index is -0.242. The molecule has 0 radical (unpaired) electrons. The van der Waals surface area contributed by atoms with E-state index >= 15 is 0 Å². The Balaban J connectivity index is 1.40. The number of fused-ring (bicyclic) bond motifs is 4. The summed E-state index contributed by atoms with van der Waals surface area (Å²) in [6.45, 7) is 4.52. The molecule has 0 spiro atoms. The fourth-order valence-electron chi connectivity index (χ4n) is 5.26. The number of carbonyl (C=O) groups is 1. The van der Waals surface area contributed by atoms with Crippen molar-refractivity contribution in [2.45, 2.75) is 57.0 Å². The SMILES string of the molecule is CNc1cc2nc3c1ncn3C(=O)N[C@@H]1CC[C@H]1OCc1cc(cc(N3CCC(C)(OC)CC3)c1)N2. The van der Waals surface area contributed by atoms with E-state index in [2.05, 4.69) is 51.0 Å². The van der Waals surface area contributed by atoms with Gasteiger partial charge in [0.15, 0.2) is 5.65 Å². The Labute approximate surface area is 210 Å². The molecule has 36 heavy (non-hydrogen) atoms. The van der Waals surface area contributed by atoms with Crippen molar-refractivity contribution in [1.82, 2.24) is 19.9 Å². The molecule has 2 aromatic heterocycles. The van der Waals surface area contributed by atoms with Gasteiger partial charge in [-0.25, -0.2) is 19.3 Å². The molecular formula is C26H33N7O3. The molecule has 190 valence electrons. The van der Waals surface area contributed by atoms with Gasteiger partial charge in [-0.1, -0.05) is 0 Å². The number of pyridine rings is 1. The van der Waals surface area contributed by atoms with Crippen LogP contribution in [0.1, 0.15) is 38.2 Å². The molecule has 6 rings (SSSR count). The lowest BCUT2D eigenvalue weighted by atomic mass is 9.89. The highest BCUT2D eigenvalue weighted by Gasteiger charge is 2.34. The number of rotatable bonds is 3. The van der Waals surface area contributed by atoms with Gasteiger partial charge in [-0.2, -0.15) is 0 Å². The van der Waals surface area contributed by atoms with Crippen molar-refractivity contribution in [3.05, 3.63) is 36.2 Å². The zero-order valence-electron chi connectivity index (χ0n) is 21.0. The largest absolute Gasteiger partial charge is 0.386 e. The van der Waals surface area contributed by atoms with Crippen LogP contribution < -0.4 is 20.9 Å². The summed E-state index contributed by atoms with van der Waals surface area (Å²) in [5.41, 5.74) is 5.06. The smallest absolute Gasteiger partial charge is 0.328 e. The number of hydrogen-bond acceptors (Lipinski definition) is 8. The number of amides is 1. The topological polar surface area (TPSA) is 106 Å². The second-order valence-corrected chi connectivity index (χ2v) is 10.2. The Morgan fingerprint density at radius 3 is 2.75 bits per heavy atom. The fourth-order valence-corrected chi connectivity index (χ4v) is 5.26. The van der Waals surface area contributed by atoms with E-state index in [1.807, 2.05) is 13.1 Å². The molecule has 1 amide bonds. The number of imidazole rings is 1. The van der Waals surface area contributed by atoms with E-state index in [9.17, 15) is 4.79 Å². The average Bonchev–Trinajstić information content (AvgIpc) is 3.30. The predicted molar refractivity (Wildman–Crippen MR) is 139 cm³/mol. The van der Waals surface area contributed by atoms with E-state index < -0.39 is 0 Å². The van der Waals surface area contributed by atoms with Crippen molar-refractivity contribution in [2.75, 3.05) is 42.8 Å². The van der Waals surface area contributed by atoms with Crippen molar-refractivity contribution < 1.29 is 14.3 Å². The molecule has 3 N–H and O–H groups in total. The molecule has 1 saturated carbocycles. The van der Waals surface area contributed by atoms with E-state index in [1.54, 1.807) is 7.11 Å². The van der Waals surface area contributed by atoms with Gasteiger partial charge in [0, 0.05) is 44.7 Å². The summed E-state index contributed by atoms with van der Waals surface area (Å²) in [4.78, 5) is 24.7. The molecule has 10 heteroatoms. The molecule has 2 aliphatic heterocycles. The summed E-state index contributed by atoms with van der Waals surface area (Å²) < 4.78 is 13.5. The second kappa shape index (κ2) is 8.94. The van der Waals surface area contributed by atoms with Crippen LogP contribution in [0.25, 0.3) is 11.2 Å². The fraction of sp³-hybridized carbons (Fsp3) is 0.500. The second-order valence-electron chi connectivity index (χ2n) is 10.2. The Hall–Kier alpha value is -3.37. The third-order valence-electron chi connectivity index (χ3n) is 7.91. The lowest BCUT2D eigenvalue weighted by Gasteiger charge is -2.40. The summed E-state index contributed by atoms with van der Waals surface area (Å²) in [6.07, 6.45) is 5.28. The molecule has 1 aromatic carbocycles. The Morgan fingerprint density at radius 2 is 2.03 bits per heavy atom. The highest BCUT2D eigenvalue weighted by Crippen LogP contribution is 2.33. The van der Waals surface area contributed by atoms with Crippen molar-refractivity contribution >= 4 is 40.1 Å². The predicted octanol–water partition coefficient (Wildman–Crippen LogP) is 3.84.